The molecule has 6 heteroatoms. The summed E-state index contributed by atoms with van der Waals surface area (Å²) in [5.41, 5.74) is 1.83. The molecule has 1 aromatic rings. The average Bonchev–Trinajstić information content (AvgIpc) is 2.63. The van der Waals surface area contributed by atoms with E-state index in [2.05, 4.69) is 17.1 Å². The molecule has 6 nitrogen and oxygen atoms in total. The first-order chi connectivity index (χ1) is 11.6. The minimum Gasteiger partial charge on any atom is -0.445 e. The molecule has 2 fully saturated rings. The van der Waals surface area contributed by atoms with Crippen LogP contribution >= 0.6 is 0 Å². The van der Waals surface area contributed by atoms with Gasteiger partial charge in [-0.1, -0.05) is 35.5 Å². The number of amides is 1. The third-order valence-corrected chi connectivity index (χ3v) is 5.36. The molecule has 0 atom stereocenters. The standard InChI is InChI=1S/C18H25N3O3/c1-20-11-12-21(14-18(20)9-7-16(19-23)8-10-18)17(22)24-13-15-5-3-2-4-6-15/h2-6,23H,7-14H2,1H3. The zero-order valence-electron chi connectivity index (χ0n) is 14.1. The predicted octanol–water partition coefficient (Wildman–Crippen LogP) is 2.71. The third-order valence-electron chi connectivity index (χ3n) is 5.36. The highest BCUT2D eigenvalue weighted by atomic mass is 16.6. The molecule has 2 aliphatic rings. The molecule has 1 spiro atoms. The van der Waals surface area contributed by atoms with Crippen molar-refractivity contribution in [1.82, 2.24) is 9.80 Å². The van der Waals surface area contributed by atoms with Crippen LogP contribution in [-0.4, -0.2) is 59.0 Å². The Kier molecular flexibility index (Phi) is 5.04. The summed E-state index contributed by atoms with van der Waals surface area (Å²) in [7, 11) is 2.12. The van der Waals surface area contributed by atoms with Crippen LogP contribution in [0.3, 0.4) is 0 Å². The van der Waals surface area contributed by atoms with E-state index < -0.39 is 0 Å². The third kappa shape index (κ3) is 3.53. The smallest absolute Gasteiger partial charge is 0.410 e. The van der Waals surface area contributed by atoms with Gasteiger partial charge in [0, 0.05) is 25.2 Å². The summed E-state index contributed by atoms with van der Waals surface area (Å²) >= 11 is 0. The molecule has 0 unspecified atom stereocenters. The molecular weight excluding hydrogens is 306 g/mol. The van der Waals surface area contributed by atoms with E-state index in [0.717, 1.165) is 43.5 Å². The Morgan fingerprint density at radius 3 is 2.62 bits per heavy atom. The van der Waals surface area contributed by atoms with Gasteiger partial charge in [0.25, 0.3) is 0 Å². The second-order valence-corrected chi connectivity index (χ2v) is 6.77. The molecule has 0 aromatic heterocycles. The molecule has 1 saturated heterocycles. The lowest BCUT2D eigenvalue weighted by Gasteiger charge is -2.51. The molecule has 1 N–H and O–H groups in total. The highest BCUT2D eigenvalue weighted by molar-refractivity contribution is 5.85. The average molecular weight is 331 g/mol. The molecule has 24 heavy (non-hydrogen) atoms. The van der Waals surface area contributed by atoms with Crippen LogP contribution < -0.4 is 0 Å². The van der Waals surface area contributed by atoms with E-state index in [-0.39, 0.29) is 11.6 Å². The summed E-state index contributed by atoms with van der Waals surface area (Å²) in [5.74, 6) is 0. The number of rotatable bonds is 2. The highest BCUT2D eigenvalue weighted by Crippen LogP contribution is 2.35. The second kappa shape index (κ2) is 7.21. The van der Waals surface area contributed by atoms with E-state index in [1.807, 2.05) is 35.2 Å². The van der Waals surface area contributed by atoms with Crippen molar-refractivity contribution in [3.05, 3.63) is 35.9 Å². The number of oxime groups is 1. The Hall–Kier alpha value is -2.08. The largest absolute Gasteiger partial charge is 0.445 e. The first-order valence-corrected chi connectivity index (χ1v) is 8.50. The summed E-state index contributed by atoms with van der Waals surface area (Å²) in [6.45, 7) is 2.51. The fourth-order valence-electron chi connectivity index (χ4n) is 3.67. The topological polar surface area (TPSA) is 65.4 Å². The lowest BCUT2D eigenvalue weighted by atomic mass is 9.78. The Bertz CT molecular complexity index is 593. The van der Waals surface area contributed by atoms with Crippen LogP contribution in [0.1, 0.15) is 31.2 Å². The maximum absolute atomic E-state index is 12.4. The second-order valence-electron chi connectivity index (χ2n) is 6.77. The van der Waals surface area contributed by atoms with Gasteiger partial charge in [-0.2, -0.15) is 0 Å². The molecule has 1 saturated carbocycles. The van der Waals surface area contributed by atoms with Gasteiger partial charge in [-0.05, 0) is 38.3 Å². The van der Waals surface area contributed by atoms with Crippen LogP contribution in [0, 0.1) is 0 Å². The lowest BCUT2D eigenvalue weighted by molar-refractivity contribution is -0.00284. The van der Waals surface area contributed by atoms with Gasteiger partial charge in [0.05, 0.1) is 5.71 Å². The zero-order valence-corrected chi connectivity index (χ0v) is 14.1. The minimum atomic E-state index is -0.243. The first-order valence-electron chi connectivity index (χ1n) is 8.50. The maximum atomic E-state index is 12.4. The van der Waals surface area contributed by atoms with Crippen LogP contribution in [0.2, 0.25) is 0 Å². The fourth-order valence-corrected chi connectivity index (χ4v) is 3.67. The zero-order chi connectivity index (χ0) is 17.0. The minimum absolute atomic E-state index is 0.0296. The van der Waals surface area contributed by atoms with Crippen molar-refractivity contribution in [3.8, 4) is 0 Å². The summed E-state index contributed by atoms with van der Waals surface area (Å²) in [6.07, 6.45) is 3.14. The molecule has 0 radical (unpaired) electrons. The van der Waals surface area contributed by atoms with Crippen LogP contribution in [0.5, 0.6) is 0 Å². The fraction of sp³-hybridized carbons (Fsp3) is 0.556. The number of ether oxygens (including phenoxy) is 1. The van der Waals surface area contributed by atoms with Crippen molar-refractivity contribution in [1.29, 1.82) is 0 Å². The monoisotopic (exact) mass is 331 g/mol. The number of piperazine rings is 1. The summed E-state index contributed by atoms with van der Waals surface area (Å²) in [5, 5.41) is 12.3. The molecule has 1 aliphatic heterocycles. The lowest BCUT2D eigenvalue weighted by Crippen LogP contribution is -2.63. The van der Waals surface area contributed by atoms with Crippen molar-refractivity contribution in [2.24, 2.45) is 5.16 Å². The number of hydrogen-bond acceptors (Lipinski definition) is 5. The number of likely N-dealkylation sites (N-methyl/N-ethyl adjacent to an activating group) is 1. The quantitative estimate of drug-likeness (QED) is 0.668. The van der Waals surface area contributed by atoms with Gasteiger partial charge < -0.3 is 14.8 Å². The molecule has 1 amide bonds. The van der Waals surface area contributed by atoms with Crippen LogP contribution in [0.25, 0.3) is 0 Å². The van der Waals surface area contributed by atoms with Crippen molar-refractivity contribution in [2.75, 3.05) is 26.7 Å². The van der Waals surface area contributed by atoms with Crippen LogP contribution in [0.4, 0.5) is 4.79 Å². The van der Waals surface area contributed by atoms with Crippen LogP contribution in [0.15, 0.2) is 35.5 Å². The van der Waals surface area contributed by atoms with E-state index in [0.29, 0.717) is 19.7 Å². The van der Waals surface area contributed by atoms with E-state index >= 15 is 0 Å². The van der Waals surface area contributed by atoms with Gasteiger partial charge >= 0.3 is 6.09 Å². The number of carbonyl (C=O) groups excluding carboxylic acids is 1. The number of nitrogens with zero attached hydrogens (tertiary/aromatic N) is 3. The summed E-state index contributed by atoms with van der Waals surface area (Å²) < 4.78 is 5.48. The van der Waals surface area contributed by atoms with E-state index in [1.165, 1.54) is 0 Å². The summed E-state index contributed by atoms with van der Waals surface area (Å²) in [4.78, 5) is 16.6. The van der Waals surface area contributed by atoms with Gasteiger partial charge in [0.1, 0.15) is 6.61 Å². The normalized spacial score (nSPS) is 24.9. The van der Waals surface area contributed by atoms with E-state index in [1.54, 1.807) is 0 Å². The highest BCUT2D eigenvalue weighted by Gasteiger charge is 2.43. The molecule has 1 aliphatic carbocycles. The van der Waals surface area contributed by atoms with Crippen molar-refractivity contribution >= 4 is 11.8 Å². The van der Waals surface area contributed by atoms with Crippen molar-refractivity contribution in [3.63, 3.8) is 0 Å². The van der Waals surface area contributed by atoms with Gasteiger partial charge in [-0.3, -0.25) is 4.90 Å². The van der Waals surface area contributed by atoms with E-state index in [9.17, 15) is 4.79 Å². The number of carbonyl (C=O) groups is 1. The Morgan fingerprint density at radius 1 is 1.25 bits per heavy atom. The van der Waals surface area contributed by atoms with Gasteiger partial charge in [0.2, 0.25) is 0 Å². The number of hydrogen-bond donors (Lipinski definition) is 1. The molecular formula is C18H25N3O3. The predicted molar refractivity (Wildman–Crippen MR) is 91.3 cm³/mol. The van der Waals surface area contributed by atoms with Crippen LogP contribution in [-0.2, 0) is 11.3 Å². The Balaban J connectivity index is 1.59. The van der Waals surface area contributed by atoms with Crippen molar-refractivity contribution in [2.45, 2.75) is 37.8 Å². The molecule has 130 valence electrons. The molecule has 0 bridgehead atoms. The van der Waals surface area contributed by atoms with Gasteiger partial charge in [-0.15, -0.1) is 0 Å². The Labute approximate surface area is 142 Å². The first kappa shape index (κ1) is 16.8. The summed E-state index contributed by atoms with van der Waals surface area (Å²) in [6, 6.07) is 9.74. The van der Waals surface area contributed by atoms with E-state index in [4.69, 9.17) is 9.94 Å². The SMILES string of the molecule is CN1CCN(C(=O)OCc2ccccc2)CC12CCC(=NO)CC2. The molecule has 1 aromatic carbocycles. The Morgan fingerprint density at radius 2 is 1.96 bits per heavy atom. The molecule has 1 heterocycles. The molecule has 3 rings (SSSR count). The van der Waals surface area contributed by atoms with Gasteiger partial charge in [-0.25, -0.2) is 4.79 Å². The maximum Gasteiger partial charge on any atom is 0.410 e. The number of benzene rings is 1. The van der Waals surface area contributed by atoms with Crippen molar-refractivity contribution < 1.29 is 14.7 Å². The van der Waals surface area contributed by atoms with Gasteiger partial charge in [0.15, 0.2) is 0 Å².